The quantitative estimate of drug-likeness (QED) is 0.728. The molecule has 2 aromatic carbocycles. The molecule has 1 aliphatic rings. The van der Waals surface area contributed by atoms with E-state index in [4.69, 9.17) is 5.11 Å². The normalized spacial score (nSPS) is 16.8. The van der Waals surface area contributed by atoms with Gasteiger partial charge in [0.1, 0.15) is 5.82 Å². The van der Waals surface area contributed by atoms with Crippen molar-refractivity contribution in [2.75, 3.05) is 5.32 Å². The van der Waals surface area contributed by atoms with Gasteiger partial charge >= 0.3 is 5.97 Å². The van der Waals surface area contributed by atoms with Crippen molar-refractivity contribution in [3.63, 3.8) is 0 Å². The van der Waals surface area contributed by atoms with Gasteiger partial charge in [0, 0.05) is 18.5 Å². The van der Waals surface area contributed by atoms with Crippen LogP contribution in [-0.2, 0) is 14.4 Å². The number of rotatable bonds is 6. The van der Waals surface area contributed by atoms with Crippen LogP contribution in [0.3, 0.4) is 0 Å². The monoisotopic (exact) mass is 370 g/mol. The third kappa shape index (κ3) is 4.49. The van der Waals surface area contributed by atoms with Gasteiger partial charge in [0.25, 0.3) is 0 Å². The fourth-order valence-corrected chi connectivity index (χ4v) is 3.22. The summed E-state index contributed by atoms with van der Waals surface area (Å²) in [7, 11) is 0. The standard InChI is InChI=1S/C20H19FN2O4/c21-13-6-7-14-15(11-18(24)22-17(14)10-13)20(27)23-16(8-9-19(25)26)12-4-2-1-3-5-12/h1-7,10,15-16H,8-9,11H2,(H,22,24)(H,23,27)(H,25,26)/t15-,16+/m0/s1. The minimum atomic E-state index is -0.956. The molecule has 140 valence electrons. The van der Waals surface area contributed by atoms with Gasteiger partial charge in [-0.1, -0.05) is 36.4 Å². The summed E-state index contributed by atoms with van der Waals surface area (Å²) in [5.74, 6) is -2.97. The molecule has 0 saturated heterocycles. The van der Waals surface area contributed by atoms with Gasteiger partial charge in [-0.2, -0.15) is 0 Å². The number of fused-ring (bicyclic) bond motifs is 1. The Morgan fingerprint density at radius 2 is 1.96 bits per heavy atom. The number of carbonyl (C=O) groups is 3. The number of nitrogens with one attached hydrogen (secondary N) is 2. The maximum atomic E-state index is 13.4. The fraction of sp³-hybridized carbons (Fsp3) is 0.250. The molecule has 0 saturated carbocycles. The first-order valence-electron chi connectivity index (χ1n) is 8.60. The van der Waals surface area contributed by atoms with Crippen molar-refractivity contribution >= 4 is 23.5 Å². The molecule has 3 rings (SSSR count). The largest absolute Gasteiger partial charge is 0.481 e. The van der Waals surface area contributed by atoms with Crippen molar-refractivity contribution in [2.24, 2.45) is 0 Å². The second-order valence-corrected chi connectivity index (χ2v) is 6.44. The summed E-state index contributed by atoms with van der Waals surface area (Å²) in [6.45, 7) is 0. The Morgan fingerprint density at radius 3 is 2.67 bits per heavy atom. The fourth-order valence-electron chi connectivity index (χ4n) is 3.22. The second kappa shape index (κ2) is 7.99. The summed E-state index contributed by atoms with van der Waals surface area (Å²) in [6.07, 6.45) is 0.0674. The van der Waals surface area contributed by atoms with Crippen LogP contribution in [0.1, 0.15) is 42.3 Å². The first-order valence-corrected chi connectivity index (χ1v) is 8.60. The molecule has 2 atom stereocenters. The highest BCUT2D eigenvalue weighted by atomic mass is 19.1. The maximum Gasteiger partial charge on any atom is 0.303 e. The second-order valence-electron chi connectivity index (χ2n) is 6.44. The van der Waals surface area contributed by atoms with E-state index >= 15 is 0 Å². The average molecular weight is 370 g/mol. The van der Waals surface area contributed by atoms with Crippen LogP contribution in [0.2, 0.25) is 0 Å². The van der Waals surface area contributed by atoms with Crippen LogP contribution in [-0.4, -0.2) is 22.9 Å². The van der Waals surface area contributed by atoms with E-state index in [1.807, 2.05) is 18.2 Å². The Balaban J connectivity index is 1.83. The van der Waals surface area contributed by atoms with Crippen LogP contribution >= 0.6 is 0 Å². The van der Waals surface area contributed by atoms with E-state index in [1.165, 1.54) is 18.2 Å². The summed E-state index contributed by atoms with van der Waals surface area (Å²) in [5, 5.41) is 14.4. The minimum Gasteiger partial charge on any atom is -0.481 e. The van der Waals surface area contributed by atoms with Crippen molar-refractivity contribution in [3.05, 3.63) is 65.5 Å². The summed E-state index contributed by atoms with van der Waals surface area (Å²) in [4.78, 5) is 35.8. The predicted octanol–water partition coefficient (Wildman–Crippen LogP) is 2.97. The zero-order valence-electron chi connectivity index (χ0n) is 14.4. The Labute approximate surface area is 155 Å². The number of amides is 2. The van der Waals surface area contributed by atoms with Gasteiger partial charge in [0.2, 0.25) is 11.8 Å². The van der Waals surface area contributed by atoms with E-state index < -0.39 is 29.7 Å². The molecular weight excluding hydrogens is 351 g/mol. The molecule has 7 heteroatoms. The molecule has 0 fully saturated rings. The lowest BCUT2D eigenvalue weighted by Crippen LogP contribution is -2.37. The maximum absolute atomic E-state index is 13.4. The number of benzene rings is 2. The Kier molecular flexibility index (Phi) is 5.49. The highest BCUT2D eigenvalue weighted by molar-refractivity contribution is 6.01. The Hall–Kier alpha value is -3.22. The molecule has 0 bridgehead atoms. The van der Waals surface area contributed by atoms with Crippen LogP contribution in [0.4, 0.5) is 10.1 Å². The van der Waals surface area contributed by atoms with E-state index in [-0.39, 0.29) is 30.9 Å². The molecule has 27 heavy (non-hydrogen) atoms. The highest BCUT2D eigenvalue weighted by Gasteiger charge is 2.32. The lowest BCUT2D eigenvalue weighted by Gasteiger charge is -2.27. The third-order valence-corrected chi connectivity index (χ3v) is 4.54. The van der Waals surface area contributed by atoms with Gasteiger partial charge in [-0.25, -0.2) is 4.39 Å². The molecule has 1 heterocycles. The number of hydrogen-bond acceptors (Lipinski definition) is 3. The van der Waals surface area contributed by atoms with Crippen LogP contribution in [0, 0.1) is 5.82 Å². The first-order chi connectivity index (χ1) is 12.9. The third-order valence-electron chi connectivity index (χ3n) is 4.54. The number of aliphatic carboxylic acids is 1. The van der Waals surface area contributed by atoms with Gasteiger partial charge in [-0.15, -0.1) is 0 Å². The van der Waals surface area contributed by atoms with Crippen molar-refractivity contribution in [2.45, 2.75) is 31.2 Å². The smallest absolute Gasteiger partial charge is 0.303 e. The summed E-state index contributed by atoms with van der Waals surface area (Å²) < 4.78 is 13.4. The lowest BCUT2D eigenvalue weighted by atomic mass is 9.89. The SMILES string of the molecule is O=C(O)CC[C@@H](NC(=O)[C@H]1CC(=O)Nc2cc(F)ccc21)c1ccccc1. The molecule has 6 nitrogen and oxygen atoms in total. The van der Waals surface area contributed by atoms with E-state index in [0.29, 0.717) is 5.56 Å². The number of carboxylic acids is 1. The minimum absolute atomic E-state index is 0.0507. The first kappa shape index (κ1) is 18.6. The van der Waals surface area contributed by atoms with E-state index in [0.717, 1.165) is 5.56 Å². The van der Waals surface area contributed by atoms with Crippen LogP contribution < -0.4 is 10.6 Å². The van der Waals surface area contributed by atoms with Crippen molar-refractivity contribution < 1.29 is 23.9 Å². The van der Waals surface area contributed by atoms with Gasteiger partial charge in [-0.05, 0) is 29.7 Å². The Morgan fingerprint density at radius 1 is 1.22 bits per heavy atom. The molecule has 3 N–H and O–H groups in total. The summed E-state index contributed by atoms with van der Waals surface area (Å²) >= 11 is 0. The Bertz CT molecular complexity index is 870. The van der Waals surface area contributed by atoms with Crippen LogP contribution in [0.15, 0.2) is 48.5 Å². The van der Waals surface area contributed by atoms with Gasteiger partial charge in [-0.3, -0.25) is 14.4 Å². The highest BCUT2D eigenvalue weighted by Crippen LogP contribution is 2.33. The van der Waals surface area contributed by atoms with E-state index in [2.05, 4.69) is 10.6 Å². The van der Waals surface area contributed by atoms with E-state index in [1.54, 1.807) is 12.1 Å². The number of carboxylic acid groups (broad SMARTS) is 1. The zero-order chi connectivity index (χ0) is 19.4. The van der Waals surface area contributed by atoms with Gasteiger partial charge in [0.15, 0.2) is 0 Å². The number of halogens is 1. The zero-order valence-corrected chi connectivity index (χ0v) is 14.4. The molecule has 2 amide bonds. The van der Waals surface area contributed by atoms with Crippen molar-refractivity contribution in [1.82, 2.24) is 5.32 Å². The molecular formula is C20H19FN2O4. The molecule has 1 aliphatic heterocycles. The van der Waals surface area contributed by atoms with Crippen LogP contribution in [0.25, 0.3) is 0 Å². The van der Waals surface area contributed by atoms with Crippen molar-refractivity contribution in [1.29, 1.82) is 0 Å². The van der Waals surface area contributed by atoms with Crippen LogP contribution in [0.5, 0.6) is 0 Å². The van der Waals surface area contributed by atoms with E-state index in [9.17, 15) is 18.8 Å². The topological polar surface area (TPSA) is 95.5 Å². The van der Waals surface area contributed by atoms with Gasteiger partial charge in [0.05, 0.1) is 12.0 Å². The predicted molar refractivity (Wildman–Crippen MR) is 96.6 cm³/mol. The number of hydrogen-bond donors (Lipinski definition) is 3. The van der Waals surface area contributed by atoms with Gasteiger partial charge < -0.3 is 15.7 Å². The molecule has 0 aromatic heterocycles. The number of anilines is 1. The average Bonchev–Trinajstić information content (AvgIpc) is 2.64. The van der Waals surface area contributed by atoms with Crippen molar-refractivity contribution in [3.8, 4) is 0 Å². The summed E-state index contributed by atoms with van der Waals surface area (Å²) in [6, 6.07) is 12.5. The number of carbonyl (C=O) groups excluding carboxylic acids is 2. The molecule has 0 unspecified atom stereocenters. The molecule has 0 spiro atoms. The summed E-state index contributed by atoms with van der Waals surface area (Å²) in [5.41, 5.74) is 1.61. The lowest BCUT2D eigenvalue weighted by molar-refractivity contribution is -0.137. The molecule has 0 radical (unpaired) electrons. The molecule has 2 aromatic rings. The molecule has 0 aliphatic carbocycles.